The number of hydrogen-bond acceptors (Lipinski definition) is 3. The van der Waals surface area contributed by atoms with Crippen molar-refractivity contribution in [3.8, 4) is 0 Å². The standard InChI is InChI=1S/C9H10N2O/c1-6-2-3-10-9(11-6)8-4-7(8)5-12/h2-3,5,7-8H,4H2,1H3/t7?,8-/m0/s1. The Kier molecular flexibility index (Phi) is 1.64. The van der Waals surface area contributed by atoms with Gasteiger partial charge in [-0.25, -0.2) is 9.97 Å². The smallest absolute Gasteiger partial charge is 0.132 e. The lowest BCUT2D eigenvalue weighted by Crippen LogP contribution is -1.95. The van der Waals surface area contributed by atoms with Gasteiger partial charge in [-0.2, -0.15) is 0 Å². The number of aryl methyl sites for hydroxylation is 1. The molecule has 3 nitrogen and oxygen atoms in total. The summed E-state index contributed by atoms with van der Waals surface area (Å²) >= 11 is 0. The molecule has 1 aliphatic carbocycles. The predicted octanol–water partition coefficient (Wildman–Crippen LogP) is 1.09. The Hall–Kier alpha value is -1.25. The van der Waals surface area contributed by atoms with Crippen LogP contribution in [0.1, 0.15) is 23.9 Å². The second-order valence-electron chi connectivity index (χ2n) is 3.20. The van der Waals surface area contributed by atoms with Gasteiger partial charge in [0.1, 0.15) is 12.1 Å². The summed E-state index contributed by atoms with van der Waals surface area (Å²) in [5.41, 5.74) is 0.969. The summed E-state index contributed by atoms with van der Waals surface area (Å²) in [6.07, 6.45) is 3.67. The third-order valence-electron chi connectivity index (χ3n) is 2.16. The Morgan fingerprint density at radius 2 is 2.50 bits per heavy atom. The van der Waals surface area contributed by atoms with Crippen LogP contribution in [0.2, 0.25) is 0 Å². The normalized spacial score (nSPS) is 26.8. The van der Waals surface area contributed by atoms with E-state index in [9.17, 15) is 4.79 Å². The van der Waals surface area contributed by atoms with Crippen molar-refractivity contribution in [1.29, 1.82) is 0 Å². The number of aromatic nitrogens is 2. The van der Waals surface area contributed by atoms with Gasteiger partial charge in [0.2, 0.25) is 0 Å². The van der Waals surface area contributed by atoms with Gasteiger partial charge in [-0.15, -0.1) is 0 Å². The summed E-state index contributed by atoms with van der Waals surface area (Å²) in [6, 6.07) is 1.86. The minimum Gasteiger partial charge on any atom is -0.303 e. The van der Waals surface area contributed by atoms with Gasteiger partial charge in [-0.1, -0.05) is 0 Å². The number of carbonyl (C=O) groups excluding carboxylic acids is 1. The SMILES string of the molecule is Cc1ccnc([C@H]2CC2C=O)n1. The first-order valence-electron chi connectivity index (χ1n) is 4.06. The van der Waals surface area contributed by atoms with Crippen molar-refractivity contribution in [2.45, 2.75) is 19.3 Å². The van der Waals surface area contributed by atoms with Gasteiger partial charge in [0, 0.05) is 23.7 Å². The largest absolute Gasteiger partial charge is 0.303 e. The van der Waals surface area contributed by atoms with E-state index < -0.39 is 0 Å². The molecule has 1 heterocycles. The molecule has 1 unspecified atom stereocenters. The lowest BCUT2D eigenvalue weighted by Gasteiger charge is -1.96. The number of carbonyl (C=O) groups is 1. The highest BCUT2D eigenvalue weighted by Gasteiger charge is 2.40. The fourth-order valence-corrected chi connectivity index (χ4v) is 1.31. The number of aldehydes is 1. The lowest BCUT2D eigenvalue weighted by atomic mass is 10.3. The Labute approximate surface area is 70.9 Å². The van der Waals surface area contributed by atoms with Crippen molar-refractivity contribution < 1.29 is 4.79 Å². The van der Waals surface area contributed by atoms with E-state index in [0.717, 1.165) is 24.2 Å². The van der Waals surface area contributed by atoms with Crippen LogP contribution in [0.25, 0.3) is 0 Å². The molecule has 3 heteroatoms. The van der Waals surface area contributed by atoms with Gasteiger partial charge in [-0.3, -0.25) is 0 Å². The van der Waals surface area contributed by atoms with Gasteiger partial charge in [-0.05, 0) is 19.4 Å². The molecule has 1 aliphatic rings. The van der Waals surface area contributed by atoms with Crippen LogP contribution in [0.15, 0.2) is 12.3 Å². The van der Waals surface area contributed by atoms with E-state index in [0.29, 0.717) is 5.92 Å². The third-order valence-corrected chi connectivity index (χ3v) is 2.16. The van der Waals surface area contributed by atoms with Crippen molar-refractivity contribution in [2.75, 3.05) is 0 Å². The van der Waals surface area contributed by atoms with Crippen LogP contribution in [-0.2, 0) is 4.79 Å². The molecule has 1 fully saturated rings. The number of hydrogen-bond donors (Lipinski definition) is 0. The Balaban J connectivity index is 2.19. The van der Waals surface area contributed by atoms with Crippen LogP contribution in [0, 0.1) is 12.8 Å². The molecule has 0 N–H and O–H groups in total. The van der Waals surface area contributed by atoms with Crippen molar-refractivity contribution in [1.82, 2.24) is 9.97 Å². The Bertz CT molecular complexity index is 311. The first-order valence-corrected chi connectivity index (χ1v) is 4.06. The molecule has 0 aliphatic heterocycles. The molecule has 1 aromatic heterocycles. The molecule has 62 valence electrons. The molecule has 1 aromatic rings. The van der Waals surface area contributed by atoms with Gasteiger partial charge < -0.3 is 4.79 Å². The van der Waals surface area contributed by atoms with Crippen LogP contribution in [0.4, 0.5) is 0 Å². The fraction of sp³-hybridized carbons (Fsp3) is 0.444. The molecule has 2 atom stereocenters. The zero-order valence-corrected chi connectivity index (χ0v) is 6.90. The van der Waals surface area contributed by atoms with Crippen LogP contribution < -0.4 is 0 Å². The molecule has 1 saturated carbocycles. The van der Waals surface area contributed by atoms with Crippen LogP contribution in [0.5, 0.6) is 0 Å². The second kappa shape index (κ2) is 2.66. The fourth-order valence-electron chi connectivity index (χ4n) is 1.31. The van der Waals surface area contributed by atoms with Crippen molar-refractivity contribution in [3.05, 3.63) is 23.8 Å². The molecule has 0 spiro atoms. The molecular weight excluding hydrogens is 152 g/mol. The van der Waals surface area contributed by atoms with Crippen molar-refractivity contribution >= 4 is 6.29 Å². The number of rotatable bonds is 2. The van der Waals surface area contributed by atoms with E-state index in [2.05, 4.69) is 9.97 Å². The minimum absolute atomic E-state index is 0.173. The van der Waals surface area contributed by atoms with E-state index >= 15 is 0 Å². The third kappa shape index (κ3) is 1.22. The molecular formula is C9H10N2O. The van der Waals surface area contributed by atoms with Crippen molar-refractivity contribution in [3.63, 3.8) is 0 Å². The van der Waals surface area contributed by atoms with Crippen LogP contribution in [-0.4, -0.2) is 16.3 Å². The highest BCUT2D eigenvalue weighted by Crippen LogP contribution is 2.44. The maximum atomic E-state index is 10.4. The summed E-state index contributed by atoms with van der Waals surface area (Å²) in [5.74, 6) is 1.29. The monoisotopic (exact) mass is 162 g/mol. The van der Waals surface area contributed by atoms with Gasteiger partial charge in [0.05, 0.1) is 0 Å². The first kappa shape index (κ1) is 7.40. The van der Waals surface area contributed by atoms with Crippen LogP contribution >= 0.6 is 0 Å². The van der Waals surface area contributed by atoms with Gasteiger partial charge in [0.15, 0.2) is 0 Å². The van der Waals surface area contributed by atoms with Crippen molar-refractivity contribution in [2.24, 2.45) is 5.92 Å². The highest BCUT2D eigenvalue weighted by molar-refractivity contribution is 5.60. The van der Waals surface area contributed by atoms with E-state index in [1.807, 2.05) is 13.0 Å². The maximum absolute atomic E-state index is 10.4. The summed E-state index contributed by atoms with van der Waals surface area (Å²) < 4.78 is 0. The van der Waals surface area contributed by atoms with E-state index in [4.69, 9.17) is 0 Å². The summed E-state index contributed by atoms with van der Waals surface area (Å²) in [4.78, 5) is 18.8. The first-order chi connectivity index (χ1) is 5.81. The predicted molar refractivity (Wildman–Crippen MR) is 43.7 cm³/mol. The zero-order valence-electron chi connectivity index (χ0n) is 6.90. The summed E-state index contributed by atoms with van der Waals surface area (Å²) in [6.45, 7) is 1.93. The molecule has 0 bridgehead atoms. The highest BCUT2D eigenvalue weighted by atomic mass is 16.1. The molecule has 12 heavy (non-hydrogen) atoms. The Morgan fingerprint density at radius 3 is 3.08 bits per heavy atom. The zero-order chi connectivity index (χ0) is 8.55. The van der Waals surface area contributed by atoms with E-state index in [-0.39, 0.29) is 5.92 Å². The molecule has 0 saturated heterocycles. The number of nitrogens with zero attached hydrogens (tertiary/aromatic N) is 2. The Morgan fingerprint density at radius 1 is 1.67 bits per heavy atom. The average molecular weight is 162 g/mol. The average Bonchev–Trinajstić information content (AvgIpc) is 2.83. The van der Waals surface area contributed by atoms with Gasteiger partial charge >= 0.3 is 0 Å². The molecule has 0 aromatic carbocycles. The summed E-state index contributed by atoms with van der Waals surface area (Å²) in [7, 11) is 0. The minimum atomic E-state index is 0.173. The van der Waals surface area contributed by atoms with Gasteiger partial charge in [0.25, 0.3) is 0 Å². The summed E-state index contributed by atoms with van der Waals surface area (Å²) in [5, 5.41) is 0. The maximum Gasteiger partial charge on any atom is 0.132 e. The van der Waals surface area contributed by atoms with E-state index in [1.165, 1.54) is 0 Å². The molecule has 0 radical (unpaired) electrons. The second-order valence-corrected chi connectivity index (χ2v) is 3.20. The van der Waals surface area contributed by atoms with E-state index in [1.54, 1.807) is 6.20 Å². The van der Waals surface area contributed by atoms with Crippen LogP contribution in [0.3, 0.4) is 0 Å². The quantitative estimate of drug-likeness (QED) is 0.611. The topological polar surface area (TPSA) is 42.9 Å². The lowest BCUT2D eigenvalue weighted by molar-refractivity contribution is -0.108. The molecule has 0 amide bonds. The molecule has 2 rings (SSSR count).